The number of hydrogen-bond acceptors (Lipinski definition) is 7. The second-order valence-electron chi connectivity index (χ2n) is 12.2. The zero-order valence-corrected chi connectivity index (χ0v) is 27.2. The zero-order valence-electron chi connectivity index (χ0n) is 25.6. The number of carbonyl (C=O) groups excluding carboxylic acids is 4. The van der Waals surface area contributed by atoms with Gasteiger partial charge in [0.1, 0.15) is 29.8 Å². The number of allylic oxidation sites excluding steroid dienone is 1. The molecule has 2 fully saturated rings. The van der Waals surface area contributed by atoms with Crippen molar-refractivity contribution < 1.29 is 33.8 Å². The first-order valence-electron chi connectivity index (χ1n) is 15.8. The quantitative estimate of drug-likeness (QED) is 0.351. The van der Waals surface area contributed by atoms with E-state index in [9.17, 15) is 24.3 Å². The molecule has 3 amide bonds. The molecule has 5 bridgehead atoms. The topological polar surface area (TPSA) is 125 Å². The Morgan fingerprint density at radius 3 is 2.43 bits per heavy atom. The number of rotatable bonds is 6. The van der Waals surface area contributed by atoms with Crippen molar-refractivity contribution in [2.24, 2.45) is 11.8 Å². The number of benzene rings is 2. The molecule has 2 aromatic carbocycles. The summed E-state index contributed by atoms with van der Waals surface area (Å²) in [4.78, 5) is 59.3. The summed E-state index contributed by atoms with van der Waals surface area (Å²) in [5.74, 6) is -3.74. The number of esters is 1. The molecule has 1 spiro atoms. The van der Waals surface area contributed by atoms with Crippen LogP contribution in [-0.2, 0) is 35.2 Å². The Bertz CT molecular complexity index is 1530. The smallest absolute Gasteiger partial charge is 0.313 e. The Hall–Kier alpha value is -3.80. The monoisotopic (exact) mass is 691 g/mol. The summed E-state index contributed by atoms with van der Waals surface area (Å²) in [6.07, 6.45) is 4.90. The predicted molar refractivity (Wildman–Crippen MR) is 172 cm³/mol. The van der Waals surface area contributed by atoms with Crippen LogP contribution in [0.3, 0.4) is 0 Å². The van der Waals surface area contributed by atoms with Gasteiger partial charge in [0.25, 0.3) is 0 Å². The third kappa shape index (κ3) is 5.80. The van der Waals surface area contributed by atoms with Crippen LogP contribution in [-0.4, -0.2) is 82.1 Å². The highest BCUT2D eigenvalue weighted by molar-refractivity contribution is 9.11. The number of cyclic esters (lactones) is 1. The Morgan fingerprint density at radius 2 is 1.74 bits per heavy atom. The molecule has 2 saturated heterocycles. The summed E-state index contributed by atoms with van der Waals surface area (Å²) in [5, 5.41) is 13.3. The molecule has 10 nitrogen and oxygen atoms in total. The van der Waals surface area contributed by atoms with E-state index in [-0.39, 0.29) is 44.5 Å². The Kier molecular flexibility index (Phi) is 9.44. The van der Waals surface area contributed by atoms with Gasteiger partial charge in [-0.2, -0.15) is 0 Å². The molecule has 2 N–H and O–H groups in total. The fourth-order valence-corrected chi connectivity index (χ4v) is 7.90. The van der Waals surface area contributed by atoms with Gasteiger partial charge >= 0.3 is 5.97 Å². The van der Waals surface area contributed by atoms with Crippen LogP contribution in [0, 0.1) is 11.8 Å². The van der Waals surface area contributed by atoms with Crippen LogP contribution in [0.5, 0.6) is 0 Å². The zero-order chi connectivity index (χ0) is 32.4. The number of carbonyl (C=O) groups is 4. The first-order valence-corrected chi connectivity index (χ1v) is 16.6. The van der Waals surface area contributed by atoms with Gasteiger partial charge < -0.3 is 29.7 Å². The number of nitrogens with zero attached hydrogens (tertiary/aromatic N) is 2. The number of nitrogens with one attached hydrogen (secondary N) is 1. The molecule has 7 atom stereocenters. The van der Waals surface area contributed by atoms with Crippen LogP contribution in [0.15, 0.2) is 83.4 Å². The number of hydrogen-bond donors (Lipinski definition) is 2. The molecular weight excluding hydrogens is 654 g/mol. The second-order valence-corrected chi connectivity index (χ2v) is 13.1. The molecule has 2 aromatic rings. The standard InChI is InChI=1S/C35H38BrN3O7/c1-2-24(21-40)39-31-33(43)38(20-22-12-6-3-7-13-22)17-11-5-10-16-27(41)37-19-26(23-14-8-4-9-15-23)45-34(44)28-29(32(39)42)35(31)18-25(36)30(28)46-35/h3-9,11-15,18,24,26,28-31,40H,2,10,16-17,19-21H2,1H3,(H,37,41)/b11-5-/t24-,26-,28-,29+,30-,31-,35+/m0/s1. The van der Waals surface area contributed by atoms with Crippen molar-refractivity contribution in [1.82, 2.24) is 15.1 Å². The minimum Gasteiger partial charge on any atom is -0.455 e. The summed E-state index contributed by atoms with van der Waals surface area (Å²) >= 11 is 3.58. The van der Waals surface area contributed by atoms with Crippen LogP contribution in [0.25, 0.3) is 0 Å². The van der Waals surface area contributed by atoms with Gasteiger partial charge in [-0.25, -0.2) is 0 Å². The first-order chi connectivity index (χ1) is 22.3. The van der Waals surface area contributed by atoms with Crippen molar-refractivity contribution in [3.05, 3.63) is 94.5 Å². The SMILES string of the molecule is CC[C@@H](CO)N1C(=O)[C@H]2[C@@H]3C(=O)O[C@H](c4ccccc4)CNC(=O)CC/C=C\CN(Cc4ccccc4)C(=O)[C@H]1[C@@]21C=C(Br)[C@@H]3O1. The molecule has 0 saturated carbocycles. The van der Waals surface area contributed by atoms with Crippen LogP contribution < -0.4 is 5.32 Å². The third-order valence-electron chi connectivity index (χ3n) is 9.42. The van der Waals surface area contributed by atoms with Gasteiger partial charge in [0.15, 0.2) is 0 Å². The third-order valence-corrected chi connectivity index (χ3v) is 10.1. The number of ether oxygens (including phenoxy) is 2. The lowest BCUT2D eigenvalue weighted by molar-refractivity contribution is -0.160. The number of likely N-dealkylation sites (tertiary alicyclic amines) is 1. The Balaban J connectivity index is 1.45. The number of amides is 3. The fourth-order valence-electron chi connectivity index (χ4n) is 7.16. The van der Waals surface area contributed by atoms with Crippen molar-refractivity contribution >= 4 is 39.6 Å². The van der Waals surface area contributed by atoms with Crippen molar-refractivity contribution in [3.63, 3.8) is 0 Å². The van der Waals surface area contributed by atoms with Gasteiger partial charge in [-0.1, -0.05) is 95.7 Å². The lowest BCUT2D eigenvalue weighted by Gasteiger charge is -2.38. The maximum Gasteiger partial charge on any atom is 0.313 e. The van der Waals surface area contributed by atoms with Crippen molar-refractivity contribution in [2.75, 3.05) is 19.7 Å². The van der Waals surface area contributed by atoms with E-state index in [4.69, 9.17) is 9.47 Å². The van der Waals surface area contributed by atoms with Crippen molar-refractivity contribution in [3.8, 4) is 0 Å². The molecule has 0 aliphatic carbocycles. The van der Waals surface area contributed by atoms with Crippen LogP contribution in [0.4, 0.5) is 0 Å². The highest BCUT2D eigenvalue weighted by atomic mass is 79.9. The number of aliphatic hydroxyl groups excluding tert-OH is 1. The molecule has 0 unspecified atom stereocenters. The minimum atomic E-state index is -1.45. The summed E-state index contributed by atoms with van der Waals surface area (Å²) < 4.78 is 13.2. The van der Waals surface area contributed by atoms with Crippen LogP contribution in [0.2, 0.25) is 0 Å². The van der Waals surface area contributed by atoms with E-state index in [0.29, 0.717) is 22.9 Å². The molecule has 11 heteroatoms. The maximum absolute atomic E-state index is 14.8. The summed E-state index contributed by atoms with van der Waals surface area (Å²) in [5.41, 5.74) is 0.139. The molecule has 46 heavy (non-hydrogen) atoms. The van der Waals surface area contributed by atoms with Gasteiger partial charge in [0, 0.05) is 24.0 Å². The number of fused-ring (bicyclic) bond motifs is 2. The van der Waals surface area contributed by atoms with E-state index in [1.807, 2.05) is 79.7 Å². The summed E-state index contributed by atoms with van der Waals surface area (Å²) in [6, 6.07) is 16.9. The molecule has 0 aromatic heterocycles. The van der Waals surface area contributed by atoms with Gasteiger partial charge in [-0.15, -0.1) is 0 Å². The van der Waals surface area contributed by atoms with E-state index < -0.39 is 53.6 Å². The predicted octanol–water partition coefficient (Wildman–Crippen LogP) is 3.41. The van der Waals surface area contributed by atoms with Gasteiger partial charge in [-0.3, -0.25) is 19.2 Å². The molecule has 242 valence electrons. The van der Waals surface area contributed by atoms with E-state index in [2.05, 4.69) is 21.2 Å². The van der Waals surface area contributed by atoms with E-state index in [1.54, 1.807) is 11.0 Å². The van der Waals surface area contributed by atoms with E-state index >= 15 is 0 Å². The molecular formula is C35H38BrN3O7. The van der Waals surface area contributed by atoms with E-state index in [1.165, 1.54) is 4.90 Å². The highest BCUT2D eigenvalue weighted by Gasteiger charge is 2.75. The fraction of sp³-hybridized carbons (Fsp3) is 0.429. The van der Waals surface area contributed by atoms with Crippen molar-refractivity contribution in [2.45, 2.75) is 62.6 Å². The summed E-state index contributed by atoms with van der Waals surface area (Å²) in [7, 11) is 0. The second kappa shape index (κ2) is 13.5. The van der Waals surface area contributed by atoms with E-state index in [0.717, 1.165) is 5.56 Å². The molecule has 4 aliphatic heterocycles. The molecule has 4 aliphatic rings. The lowest BCUT2D eigenvalue weighted by Crippen LogP contribution is -2.58. The molecule has 0 radical (unpaired) electrons. The molecule has 4 heterocycles. The maximum atomic E-state index is 14.8. The van der Waals surface area contributed by atoms with Gasteiger partial charge in [-0.05, 0) is 30.0 Å². The minimum absolute atomic E-state index is 0.0534. The average molecular weight is 693 g/mol. The average Bonchev–Trinajstić information content (AvgIpc) is 3.66. The normalized spacial score (nSPS) is 31.3. The van der Waals surface area contributed by atoms with Crippen LogP contribution in [0.1, 0.15) is 43.4 Å². The lowest BCUT2D eigenvalue weighted by atomic mass is 9.74. The Labute approximate surface area is 276 Å². The first kappa shape index (κ1) is 32.2. The summed E-state index contributed by atoms with van der Waals surface area (Å²) in [6.45, 7) is 2.03. The Morgan fingerprint density at radius 1 is 1.02 bits per heavy atom. The van der Waals surface area contributed by atoms with Gasteiger partial charge in [0.2, 0.25) is 17.7 Å². The van der Waals surface area contributed by atoms with Crippen LogP contribution >= 0.6 is 15.9 Å². The number of halogens is 1. The molecule has 6 rings (SSSR count). The van der Waals surface area contributed by atoms with Crippen molar-refractivity contribution in [1.29, 1.82) is 0 Å². The number of aliphatic hydroxyl groups is 1. The largest absolute Gasteiger partial charge is 0.455 e. The van der Waals surface area contributed by atoms with Gasteiger partial charge in [0.05, 0.1) is 25.1 Å². The highest BCUT2D eigenvalue weighted by Crippen LogP contribution is 2.59.